The van der Waals surface area contributed by atoms with Gasteiger partial charge in [-0.2, -0.15) is 10.1 Å². The molecule has 2 aromatic rings. The van der Waals surface area contributed by atoms with Gasteiger partial charge in [-0.05, 0) is 12.0 Å². The molecular formula is C18H22N4O4S. The summed E-state index contributed by atoms with van der Waals surface area (Å²) in [5, 5.41) is 9.26. The molecule has 0 radical (unpaired) electrons. The van der Waals surface area contributed by atoms with E-state index in [-0.39, 0.29) is 5.89 Å². The van der Waals surface area contributed by atoms with E-state index < -0.39 is 27.3 Å². The lowest BCUT2D eigenvalue weighted by Crippen LogP contribution is -2.30. The predicted molar refractivity (Wildman–Crippen MR) is 99.7 cm³/mol. The van der Waals surface area contributed by atoms with E-state index in [1.54, 1.807) is 0 Å². The van der Waals surface area contributed by atoms with Crippen molar-refractivity contribution >= 4 is 21.5 Å². The summed E-state index contributed by atoms with van der Waals surface area (Å²) in [7, 11) is -3.72. The molecule has 0 bridgehead atoms. The van der Waals surface area contributed by atoms with Gasteiger partial charge in [-0.1, -0.05) is 48.8 Å². The molecule has 1 aromatic carbocycles. The number of sulfone groups is 1. The zero-order chi connectivity index (χ0) is 19.3. The number of rotatable bonds is 8. The summed E-state index contributed by atoms with van der Waals surface area (Å²) in [5.74, 6) is -1.12. The minimum atomic E-state index is -3.72. The SMILES string of the molecule is CCCCc1noc(CS(=O)(=O)CC(=O)N2CCC(c3ccccc3)=N2)n1. The van der Waals surface area contributed by atoms with E-state index in [4.69, 9.17) is 4.52 Å². The lowest BCUT2D eigenvalue weighted by molar-refractivity contribution is -0.127. The van der Waals surface area contributed by atoms with Crippen LogP contribution < -0.4 is 0 Å². The summed E-state index contributed by atoms with van der Waals surface area (Å²) in [4.78, 5) is 16.4. The first-order valence-corrected chi connectivity index (χ1v) is 10.7. The molecule has 9 heteroatoms. The van der Waals surface area contributed by atoms with Crippen molar-refractivity contribution in [3.05, 3.63) is 47.6 Å². The minimum absolute atomic E-state index is 0.0174. The molecule has 0 spiro atoms. The Morgan fingerprint density at radius 2 is 2.04 bits per heavy atom. The molecule has 0 aliphatic carbocycles. The third-order valence-corrected chi connectivity index (χ3v) is 5.52. The predicted octanol–water partition coefficient (Wildman–Crippen LogP) is 1.96. The molecule has 3 rings (SSSR count). The summed E-state index contributed by atoms with van der Waals surface area (Å²) < 4.78 is 29.6. The first-order valence-electron chi connectivity index (χ1n) is 8.92. The van der Waals surface area contributed by atoms with Gasteiger partial charge in [0.25, 0.3) is 5.91 Å². The maximum Gasteiger partial charge on any atom is 0.257 e. The van der Waals surface area contributed by atoms with Crippen molar-refractivity contribution in [1.29, 1.82) is 0 Å². The molecule has 1 aromatic heterocycles. The van der Waals surface area contributed by atoms with Gasteiger partial charge in [-0.3, -0.25) is 4.79 Å². The number of hydrogen-bond acceptors (Lipinski definition) is 7. The zero-order valence-electron chi connectivity index (χ0n) is 15.2. The molecule has 0 N–H and O–H groups in total. The van der Waals surface area contributed by atoms with Gasteiger partial charge in [0.2, 0.25) is 5.89 Å². The van der Waals surface area contributed by atoms with Crippen LogP contribution in [0.4, 0.5) is 0 Å². The number of nitrogens with zero attached hydrogens (tertiary/aromatic N) is 4. The molecule has 0 fully saturated rings. The maximum atomic E-state index is 12.3. The van der Waals surface area contributed by atoms with Crippen LogP contribution in [-0.2, 0) is 26.8 Å². The molecule has 0 saturated heterocycles. The Balaban J connectivity index is 1.60. The second-order valence-corrected chi connectivity index (χ2v) is 8.48. The lowest BCUT2D eigenvalue weighted by Gasteiger charge is -2.10. The van der Waals surface area contributed by atoms with Gasteiger partial charge in [-0.15, -0.1) is 0 Å². The highest BCUT2D eigenvalue weighted by Crippen LogP contribution is 2.15. The van der Waals surface area contributed by atoms with E-state index in [2.05, 4.69) is 15.2 Å². The number of benzene rings is 1. The largest absolute Gasteiger partial charge is 0.338 e. The lowest BCUT2D eigenvalue weighted by atomic mass is 10.1. The van der Waals surface area contributed by atoms with Crippen molar-refractivity contribution in [2.75, 3.05) is 12.3 Å². The number of hydrogen-bond donors (Lipinski definition) is 0. The van der Waals surface area contributed by atoms with Crippen LogP contribution in [0.5, 0.6) is 0 Å². The highest BCUT2D eigenvalue weighted by molar-refractivity contribution is 7.91. The van der Waals surface area contributed by atoms with Gasteiger partial charge in [0.1, 0.15) is 11.5 Å². The number of carbonyl (C=O) groups is 1. The van der Waals surface area contributed by atoms with Gasteiger partial charge >= 0.3 is 0 Å². The van der Waals surface area contributed by atoms with E-state index in [0.717, 1.165) is 24.1 Å². The van der Waals surface area contributed by atoms with E-state index in [9.17, 15) is 13.2 Å². The normalized spacial score (nSPS) is 14.4. The summed E-state index contributed by atoms with van der Waals surface area (Å²) >= 11 is 0. The molecule has 8 nitrogen and oxygen atoms in total. The van der Waals surface area contributed by atoms with E-state index in [1.807, 2.05) is 37.3 Å². The Hall–Kier alpha value is -2.55. The Morgan fingerprint density at radius 3 is 2.78 bits per heavy atom. The fraction of sp³-hybridized carbons (Fsp3) is 0.444. The van der Waals surface area contributed by atoms with Crippen LogP contribution in [0, 0.1) is 0 Å². The first-order chi connectivity index (χ1) is 13.0. The molecule has 1 aliphatic rings. The standard InChI is InChI=1S/C18H22N4O4S/c1-2-3-9-16-19-17(26-21-16)12-27(24,25)13-18(23)22-11-10-15(20-22)14-7-5-4-6-8-14/h4-8H,2-3,9-13H2,1H3. The van der Waals surface area contributed by atoms with Crippen molar-refractivity contribution < 1.29 is 17.7 Å². The van der Waals surface area contributed by atoms with Crippen LogP contribution >= 0.6 is 0 Å². The molecule has 0 saturated carbocycles. The number of hydrazone groups is 1. The average Bonchev–Trinajstić information content (AvgIpc) is 3.29. The number of amides is 1. The molecule has 27 heavy (non-hydrogen) atoms. The van der Waals surface area contributed by atoms with Crippen LogP contribution in [0.15, 0.2) is 40.0 Å². The Morgan fingerprint density at radius 1 is 1.26 bits per heavy atom. The summed E-state index contributed by atoms with van der Waals surface area (Å²) in [6.07, 6.45) is 3.13. The molecule has 1 amide bonds. The summed E-state index contributed by atoms with van der Waals surface area (Å²) in [5.41, 5.74) is 1.71. The third kappa shape index (κ3) is 5.22. The fourth-order valence-corrected chi connectivity index (χ4v) is 3.88. The van der Waals surface area contributed by atoms with Crippen molar-refractivity contribution in [2.24, 2.45) is 5.10 Å². The van der Waals surface area contributed by atoms with Crippen molar-refractivity contribution in [1.82, 2.24) is 15.1 Å². The number of carbonyl (C=O) groups excluding carboxylic acids is 1. The Labute approximate surface area is 158 Å². The topological polar surface area (TPSA) is 106 Å². The van der Waals surface area contributed by atoms with Crippen LogP contribution in [-0.4, -0.2) is 47.5 Å². The fourth-order valence-electron chi connectivity index (χ4n) is 2.76. The zero-order valence-corrected chi connectivity index (χ0v) is 16.0. The number of aryl methyl sites for hydroxylation is 1. The average molecular weight is 390 g/mol. The second kappa shape index (κ2) is 8.43. The highest BCUT2D eigenvalue weighted by Gasteiger charge is 2.27. The summed E-state index contributed by atoms with van der Waals surface area (Å²) in [6, 6.07) is 9.52. The van der Waals surface area contributed by atoms with Gasteiger partial charge in [0, 0.05) is 12.8 Å². The maximum absolute atomic E-state index is 12.3. The van der Waals surface area contributed by atoms with Crippen molar-refractivity contribution in [2.45, 2.75) is 38.4 Å². The van der Waals surface area contributed by atoms with Gasteiger partial charge in [0.05, 0.1) is 12.3 Å². The van der Waals surface area contributed by atoms with E-state index in [0.29, 0.717) is 25.2 Å². The van der Waals surface area contributed by atoms with Crippen LogP contribution in [0.1, 0.15) is 43.5 Å². The third-order valence-electron chi connectivity index (χ3n) is 4.15. The van der Waals surface area contributed by atoms with Gasteiger partial charge in [0.15, 0.2) is 15.7 Å². The Kier molecular flexibility index (Phi) is 6.00. The molecule has 2 heterocycles. The first kappa shape index (κ1) is 19.2. The van der Waals surface area contributed by atoms with E-state index >= 15 is 0 Å². The molecule has 0 atom stereocenters. The highest BCUT2D eigenvalue weighted by atomic mass is 32.2. The molecular weight excluding hydrogens is 368 g/mol. The van der Waals surface area contributed by atoms with Gasteiger partial charge < -0.3 is 4.52 Å². The van der Waals surface area contributed by atoms with Crippen LogP contribution in [0.2, 0.25) is 0 Å². The minimum Gasteiger partial charge on any atom is -0.338 e. The van der Waals surface area contributed by atoms with Crippen LogP contribution in [0.3, 0.4) is 0 Å². The summed E-state index contributed by atoms with van der Waals surface area (Å²) in [6.45, 7) is 2.42. The van der Waals surface area contributed by atoms with E-state index in [1.165, 1.54) is 5.01 Å². The second-order valence-electron chi connectivity index (χ2n) is 6.42. The Bertz CT molecular complexity index is 922. The van der Waals surface area contributed by atoms with Crippen molar-refractivity contribution in [3.63, 3.8) is 0 Å². The molecule has 0 unspecified atom stereocenters. The van der Waals surface area contributed by atoms with Gasteiger partial charge in [-0.25, -0.2) is 13.4 Å². The number of aromatic nitrogens is 2. The molecule has 144 valence electrons. The quantitative estimate of drug-likeness (QED) is 0.682. The smallest absolute Gasteiger partial charge is 0.257 e. The van der Waals surface area contributed by atoms with Crippen molar-refractivity contribution in [3.8, 4) is 0 Å². The van der Waals surface area contributed by atoms with Crippen LogP contribution in [0.25, 0.3) is 0 Å². The molecule has 1 aliphatic heterocycles. The monoisotopic (exact) mass is 390 g/mol. The number of unbranched alkanes of at least 4 members (excludes halogenated alkanes) is 1.